The molecule has 1 N–H and O–H groups in total. The van der Waals surface area contributed by atoms with Gasteiger partial charge in [0.1, 0.15) is 11.6 Å². The quantitative estimate of drug-likeness (QED) is 0.285. The van der Waals surface area contributed by atoms with Gasteiger partial charge in [-0.25, -0.2) is 12.8 Å². The molecule has 218 valence electrons. The maximum Gasteiger partial charge on any atom is 0.309 e. The Kier molecular flexibility index (Phi) is 9.77. The van der Waals surface area contributed by atoms with Crippen molar-refractivity contribution in [2.24, 2.45) is 0 Å². The first-order chi connectivity index (χ1) is 19.1. The highest BCUT2D eigenvalue weighted by Gasteiger charge is 2.42. The van der Waals surface area contributed by atoms with Crippen molar-refractivity contribution in [2.75, 3.05) is 33.0 Å². The van der Waals surface area contributed by atoms with Crippen LogP contribution >= 0.6 is 0 Å². The van der Waals surface area contributed by atoms with Crippen LogP contribution in [0, 0.1) is 5.82 Å². The second-order valence-electron chi connectivity index (χ2n) is 10.1. The Morgan fingerprint density at radius 2 is 1.85 bits per heavy atom. The second-order valence-corrected chi connectivity index (χ2v) is 12.0. The fourth-order valence-corrected chi connectivity index (χ4v) is 6.55. The first kappa shape index (κ1) is 29.9. The number of halogens is 1. The van der Waals surface area contributed by atoms with E-state index in [4.69, 9.17) is 14.2 Å². The monoisotopic (exact) mass is 577 g/mol. The summed E-state index contributed by atoms with van der Waals surface area (Å²) in [5.41, 5.74) is 0.716. The SMILES string of the molecule is CCCOCCOC[C@H]1C[C@@H](n2nc(CC(=O)O)c3ccc(F)cc32)CN1S(=O)(=O)c1ccc(OC(C)C)cc1. The van der Waals surface area contributed by atoms with E-state index in [2.05, 4.69) is 5.10 Å². The van der Waals surface area contributed by atoms with Crippen molar-refractivity contribution in [1.82, 2.24) is 14.1 Å². The molecule has 3 aromatic rings. The summed E-state index contributed by atoms with van der Waals surface area (Å²) in [5.74, 6) is -0.988. The van der Waals surface area contributed by atoms with Crippen LogP contribution in [0.3, 0.4) is 0 Å². The summed E-state index contributed by atoms with van der Waals surface area (Å²) in [4.78, 5) is 11.6. The van der Waals surface area contributed by atoms with Gasteiger partial charge in [-0.05, 0) is 69.2 Å². The molecule has 1 saturated heterocycles. The van der Waals surface area contributed by atoms with Crippen molar-refractivity contribution >= 4 is 26.9 Å². The first-order valence-corrected chi connectivity index (χ1v) is 14.9. The van der Waals surface area contributed by atoms with Gasteiger partial charge in [-0.2, -0.15) is 9.40 Å². The molecule has 0 radical (unpaired) electrons. The van der Waals surface area contributed by atoms with E-state index in [0.29, 0.717) is 48.6 Å². The molecule has 2 aromatic carbocycles. The van der Waals surface area contributed by atoms with Crippen LogP contribution in [0.5, 0.6) is 5.75 Å². The van der Waals surface area contributed by atoms with E-state index in [1.165, 1.54) is 34.6 Å². The zero-order valence-electron chi connectivity index (χ0n) is 23.0. The minimum absolute atomic E-state index is 0.0515. The van der Waals surface area contributed by atoms with Crippen LogP contribution < -0.4 is 4.74 Å². The Morgan fingerprint density at radius 1 is 1.12 bits per heavy atom. The van der Waals surface area contributed by atoms with Crippen LogP contribution in [0.15, 0.2) is 47.4 Å². The molecule has 2 heterocycles. The predicted molar refractivity (Wildman–Crippen MR) is 146 cm³/mol. The van der Waals surface area contributed by atoms with Crippen LogP contribution in [0.2, 0.25) is 0 Å². The van der Waals surface area contributed by atoms with Gasteiger partial charge in [0.2, 0.25) is 10.0 Å². The molecule has 1 aromatic heterocycles. The fraction of sp³-hybridized carbons (Fsp3) is 0.500. The highest BCUT2D eigenvalue weighted by molar-refractivity contribution is 7.89. The molecule has 0 unspecified atom stereocenters. The van der Waals surface area contributed by atoms with Crippen molar-refractivity contribution in [2.45, 2.75) is 63.1 Å². The number of sulfonamides is 1. The molecule has 1 aliphatic heterocycles. The number of benzene rings is 2. The molecule has 10 nitrogen and oxygen atoms in total. The van der Waals surface area contributed by atoms with Crippen LogP contribution in [0.1, 0.15) is 45.3 Å². The number of carboxylic acids is 1. The van der Waals surface area contributed by atoms with Gasteiger partial charge >= 0.3 is 5.97 Å². The Morgan fingerprint density at radius 3 is 2.52 bits per heavy atom. The van der Waals surface area contributed by atoms with Crippen LogP contribution in [0.25, 0.3) is 10.9 Å². The zero-order chi connectivity index (χ0) is 28.9. The normalized spacial score (nSPS) is 18.1. The summed E-state index contributed by atoms with van der Waals surface area (Å²) < 4.78 is 61.8. The van der Waals surface area contributed by atoms with E-state index in [1.54, 1.807) is 16.8 Å². The number of fused-ring (bicyclic) bond motifs is 1. The van der Waals surface area contributed by atoms with Gasteiger partial charge in [-0.3, -0.25) is 9.48 Å². The van der Waals surface area contributed by atoms with E-state index < -0.39 is 33.9 Å². The molecule has 40 heavy (non-hydrogen) atoms. The van der Waals surface area contributed by atoms with Gasteiger partial charge < -0.3 is 19.3 Å². The molecular formula is C28H36FN3O7S. The van der Waals surface area contributed by atoms with Gasteiger partial charge in [0, 0.05) is 18.5 Å². The van der Waals surface area contributed by atoms with Crippen molar-refractivity contribution in [3.05, 3.63) is 54.0 Å². The molecule has 0 aliphatic carbocycles. The van der Waals surface area contributed by atoms with Crippen molar-refractivity contribution in [3.8, 4) is 5.75 Å². The molecule has 2 atom stereocenters. The summed E-state index contributed by atoms with van der Waals surface area (Å²) in [5, 5.41) is 14.4. The Bertz CT molecular complexity index is 1410. The predicted octanol–water partition coefficient (Wildman–Crippen LogP) is 4.04. The lowest BCUT2D eigenvalue weighted by atomic mass is 10.1. The molecular weight excluding hydrogens is 541 g/mol. The number of hydrogen-bond acceptors (Lipinski definition) is 7. The third-order valence-corrected chi connectivity index (χ3v) is 8.52. The zero-order valence-corrected chi connectivity index (χ0v) is 23.8. The van der Waals surface area contributed by atoms with Crippen molar-refractivity contribution < 1.29 is 36.9 Å². The number of carboxylic acid groups (broad SMARTS) is 1. The van der Waals surface area contributed by atoms with Crippen LogP contribution in [0.4, 0.5) is 4.39 Å². The van der Waals surface area contributed by atoms with Gasteiger partial charge in [0.25, 0.3) is 0 Å². The number of ether oxygens (including phenoxy) is 3. The Labute approximate surface area is 233 Å². The first-order valence-electron chi connectivity index (χ1n) is 13.4. The lowest BCUT2D eigenvalue weighted by Crippen LogP contribution is -2.38. The Hall–Kier alpha value is -3.06. The number of carbonyl (C=O) groups is 1. The Balaban J connectivity index is 1.63. The van der Waals surface area contributed by atoms with E-state index in [-0.39, 0.29) is 30.6 Å². The summed E-state index contributed by atoms with van der Waals surface area (Å²) in [6.07, 6.45) is 0.853. The van der Waals surface area contributed by atoms with Crippen molar-refractivity contribution in [1.29, 1.82) is 0 Å². The fourth-order valence-electron chi connectivity index (χ4n) is 4.90. The molecule has 1 fully saturated rings. The molecule has 0 amide bonds. The summed E-state index contributed by atoms with van der Waals surface area (Å²) in [6.45, 7) is 7.32. The standard InChI is InChI=1S/C28H36FN3O7S/c1-4-11-37-12-13-38-18-22-15-21(32-27-14-20(29)5-10-25(27)26(30-32)16-28(33)34)17-31(22)40(35,36)24-8-6-23(7-9-24)39-19(2)3/h5-10,14,19,21-22H,4,11-13,15-18H2,1-3H3,(H,33,34)/t21-,22-/m1/s1. The number of aromatic nitrogens is 2. The van der Waals surface area contributed by atoms with Crippen molar-refractivity contribution in [3.63, 3.8) is 0 Å². The summed E-state index contributed by atoms with van der Waals surface area (Å²) >= 11 is 0. The lowest BCUT2D eigenvalue weighted by Gasteiger charge is -2.24. The molecule has 12 heteroatoms. The highest BCUT2D eigenvalue weighted by atomic mass is 32.2. The smallest absolute Gasteiger partial charge is 0.309 e. The number of aliphatic carboxylic acids is 1. The minimum Gasteiger partial charge on any atom is -0.491 e. The van der Waals surface area contributed by atoms with Gasteiger partial charge in [-0.1, -0.05) is 6.92 Å². The topological polar surface area (TPSA) is 120 Å². The van der Waals surface area contributed by atoms with Gasteiger partial charge in [0.15, 0.2) is 0 Å². The molecule has 4 rings (SSSR count). The molecule has 0 saturated carbocycles. The van der Waals surface area contributed by atoms with Gasteiger partial charge in [-0.15, -0.1) is 0 Å². The third-order valence-electron chi connectivity index (χ3n) is 6.59. The van der Waals surface area contributed by atoms with E-state index in [9.17, 15) is 22.7 Å². The maximum atomic E-state index is 14.2. The largest absolute Gasteiger partial charge is 0.491 e. The second kappa shape index (κ2) is 13.1. The number of rotatable bonds is 14. The number of nitrogens with zero attached hydrogens (tertiary/aromatic N) is 3. The number of hydrogen-bond donors (Lipinski definition) is 1. The van der Waals surface area contributed by atoms with Crippen LogP contribution in [-0.2, 0) is 30.7 Å². The lowest BCUT2D eigenvalue weighted by molar-refractivity contribution is -0.136. The van der Waals surface area contributed by atoms with E-state index >= 15 is 0 Å². The summed E-state index contributed by atoms with van der Waals surface area (Å²) in [6, 6.07) is 9.36. The molecule has 1 aliphatic rings. The summed E-state index contributed by atoms with van der Waals surface area (Å²) in [7, 11) is -3.94. The third kappa shape index (κ3) is 6.98. The maximum absolute atomic E-state index is 14.2. The minimum atomic E-state index is -3.94. The van der Waals surface area contributed by atoms with E-state index in [0.717, 1.165) is 6.42 Å². The average Bonchev–Trinajstić information content (AvgIpc) is 3.47. The van der Waals surface area contributed by atoms with Gasteiger partial charge in [0.05, 0.1) is 60.5 Å². The average molecular weight is 578 g/mol. The molecule has 0 spiro atoms. The van der Waals surface area contributed by atoms with Crippen LogP contribution in [-0.4, -0.2) is 78.7 Å². The molecule has 0 bridgehead atoms. The highest BCUT2D eigenvalue weighted by Crippen LogP contribution is 2.35. The van der Waals surface area contributed by atoms with E-state index in [1.807, 2.05) is 20.8 Å².